The van der Waals surface area contributed by atoms with Crippen molar-refractivity contribution in [3.05, 3.63) is 28.2 Å². The molecule has 0 saturated carbocycles. The highest BCUT2D eigenvalue weighted by atomic mass is 35.5. The molecule has 98 valence electrons. The van der Waals surface area contributed by atoms with Crippen LogP contribution in [0.4, 0.5) is 0 Å². The van der Waals surface area contributed by atoms with Crippen molar-refractivity contribution >= 4 is 23.2 Å². The molecule has 0 atom stereocenters. The van der Waals surface area contributed by atoms with E-state index >= 15 is 0 Å². The number of ether oxygens (including phenoxy) is 1. The highest BCUT2D eigenvalue weighted by molar-refractivity contribution is 6.35. The fourth-order valence-corrected chi connectivity index (χ4v) is 1.94. The van der Waals surface area contributed by atoms with Crippen molar-refractivity contribution in [1.29, 1.82) is 0 Å². The Labute approximate surface area is 119 Å². The standard InChI is InChI=1S/C14H17Cl2NO/c1-3-4-8-17(2)9-5-10-18-14-7-6-12(15)11-13(14)16/h1,6-7,11H,4-5,8-10H2,2H3/i2-1. The van der Waals surface area contributed by atoms with Crippen LogP contribution in [0.5, 0.6) is 5.75 Å². The van der Waals surface area contributed by atoms with Crippen LogP contribution < -0.4 is 4.74 Å². The van der Waals surface area contributed by atoms with Gasteiger partial charge in [-0.25, -0.2) is 0 Å². The van der Waals surface area contributed by atoms with Crippen LogP contribution in [-0.2, 0) is 0 Å². The van der Waals surface area contributed by atoms with Gasteiger partial charge in [0.25, 0.3) is 0 Å². The van der Waals surface area contributed by atoms with Gasteiger partial charge in [0, 0.05) is 24.5 Å². The zero-order valence-electron chi connectivity index (χ0n) is 10.5. The van der Waals surface area contributed by atoms with E-state index in [4.69, 9.17) is 34.4 Å². The van der Waals surface area contributed by atoms with E-state index in [2.05, 4.69) is 10.8 Å². The average Bonchev–Trinajstić information content (AvgIpc) is 2.34. The van der Waals surface area contributed by atoms with Crippen molar-refractivity contribution in [2.24, 2.45) is 0 Å². The third-order valence-electron chi connectivity index (χ3n) is 2.47. The molecule has 0 aliphatic rings. The summed E-state index contributed by atoms with van der Waals surface area (Å²) in [4.78, 5) is 2.19. The molecule has 0 saturated heterocycles. The molecular formula is C14H17Cl2NO. The third kappa shape index (κ3) is 5.64. The fraction of sp³-hybridized carbons (Fsp3) is 0.429. The second-order valence-electron chi connectivity index (χ2n) is 4.03. The lowest BCUT2D eigenvalue weighted by Gasteiger charge is -2.15. The Morgan fingerprint density at radius 2 is 2.11 bits per heavy atom. The predicted octanol–water partition coefficient (Wildman–Crippen LogP) is 3.72. The summed E-state index contributed by atoms with van der Waals surface area (Å²) in [5.41, 5.74) is 0. The molecule has 0 N–H and O–H groups in total. The summed E-state index contributed by atoms with van der Waals surface area (Å²) in [5, 5.41) is 1.16. The molecule has 0 aromatic heterocycles. The lowest BCUT2D eigenvalue weighted by Crippen LogP contribution is -2.22. The maximum absolute atomic E-state index is 6.00. The minimum absolute atomic E-state index is 0.545. The molecule has 4 heteroatoms. The van der Waals surface area contributed by atoms with Gasteiger partial charge in [-0.3, -0.25) is 0 Å². The normalized spacial score (nSPS) is 10.4. The summed E-state index contributed by atoms with van der Waals surface area (Å²) in [6.45, 7) is 2.49. The van der Waals surface area contributed by atoms with Gasteiger partial charge in [-0.05, 0) is 31.7 Å². The lowest BCUT2D eigenvalue weighted by atomic mass is 10.3. The molecule has 1 aromatic carbocycles. The van der Waals surface area contributed by atoms with Crippen molar-refractivity contribution in [2.75, 3.05) is 26.7 Å². The summed E-state index contributed by atoms with van der Waals surface area (Å²) in [6.07, 6.45) is 6.92. The molecule has 0 spiro atoms. The molecule has 1 rings (SSSR count). The molecule has 0 aliphatic heterocycles. The zero-order chi connectivity index (χ0) is 13.4. The van der Waals surface area contributed by atoms with Crippen molar-refractivity contribution in [2.45, 2.75) is 12.8 Å². The molecule has 0 unspecified atom stereocenters. The summed E-state index contributed by atoms with van der Waals surface area (Å²) in [7, 11) is 2.05. The number of terminal acetylenes is 1. The largest absolute Gasteiger partial charge is 0.492 e. The lowest BCUT2D eigenvalue weighted by molar-refractivity contribution is 0.265. The monoisotopic (exact) mass is 284 g/mol. The van der Waals surface area contributed by atoms with Crippen LogP contribution in [0.2, 0.25) is 10.0 Å². The van der Waals surface area contributed by atoms with E-state index in [1.807, 2.05) is 7.05 Å². The number of rotatable bonds is 7. The summed E-state index contributed by atoms with van der Waals surface area (Å²) in [5.74, 6) is 3.30. The van der Waals surface area contributed by atoms with Crippen LogP contribution in [-0.4, -0.2) is 31.6 Å². The van der Waals surface area contributed by atoms with Gasteiger partial charge in [-0.1, -0.05) is 23.2 Å². The fourth-order valence-electron chi connectivity index (χ4n) is 1.48. The highest BCUT2D eigenvalue weighted by Gasteiger charge is 2.02. The van der Waals surface area contributed by atoms with Crippen molar-refractivity contribution in [3.63, 3.8) is 0 Å². The Bertz CT molecular complexity index is 415. The molecule has 0 radical (unpaired) electrons. The van der Waals surface area contributed by atoms with E-state index in [1.165, 1.54) is 0 Å². The maximum atomic E-state index is 6.00. The van der Waals surface area contributed by atoms with Crippen LogP contribution in [0, 0.1) is 12.3 Å². The molecule has 0 amide bonds. The Morgan fingerprint density at radius 1 is 1.33 bits per heavy atom. The van der Waals surface area contributed by atoms with Gasteiger partial charge in [-0.15, -0.1) is 12.3 Å². The topological polar surface area (TPSA) is 12.5 Å². The first-order chi connectivity index (χ1) is 8.63. The quantitative estimate of drug-likeness (QED) is 0.559. The number of benzene rings is 1. The summed E-state index contributed by atoms with van der Waals surface area (Å²) in [6, 6.07) is 5.23. The summed E-state index contributed by atoms with van der Waals surface area (Å²) < 4.78 is 5.59. The van der Waals surface area contributed by atoms with Crippen LogP contribution in [0.15, 0.2) is 18.2 Å². The van der Waals surface area contributed by atoms with Crippen LogP contribution >= 0.6 is 23.2 Å². The first-order valence-electron chi connectivity index (χ1n) is 5.83. The second kappa shape index (κ2) is 8.26. The molecule has 0 bridgehead atoms. The van der Waals surface area contributed by atoms with Crippen molar-refractivity contribution in [1.82, 2.24) is 4.90 Å². The Kier molecular flexibility index (Phi) is 6.97. The third-order valence-corrected chi connectivity index (χ3v) is 3.00. The molecule has 0 fully saturated rings. The van der Waals surface area contributed by atoms with Gasteiger partial charge in [0.1, 0.15) is 5.75 Å². The van der Waals surface area contributed by atoms with E-state index < -0.39 is 0 Å². The van der Waals surface area contributed by atoms with Gasteiger partial charge >= 0.3 is 0 Å². The van der Waals surface area contributed by atoms with Crippen LogP contribution in [0.25, 0.3) is 0 Å². The second-order valence-corrected chi connectivity index (χ2v) is 4.88. The Hall–Kier alpha value is -0.880. The Balaban J connectivity index is 2.23. The van der Waals surface area contributed by atoms with E-state index in [1.54, 1.807) is 18.2 Å². The van der Waals surface area contributed by atoms with E-state index in [0.29, 0.717) is 22.4 Å². The molecule has 0 heterocycles. The molecule has 1 aromatic rings. The minimum Gasteiger partial charge on any atom is -0.492 e. The molecular weight excluding hydrogens is 268 g/mol. The van der Waals surface area contributed by atoms with Gasteiger partial charge in [0.2, 0.25) is 0 Å². The first-order valence-corrected chi connectivity index (χ1v) is 6.59. The van der Waals surface area contributed by atoms with Crippen LogP contribution in [0.3, 0.4) is 0 Å². The van der Waals surface area contributed by atoms with E-state index in [9.17, 15) is 0 Å². The number of halogens is 2. The number of hydrogen-bond acceptors (Lipinski definition) is 2. The summed E-state index contributed by atoms with van der Waals surface area (Å²) >= 11 is 11.8. The number of hydrogen-bond donors (Lipinski definition) is 0. The highest BCUT2D eigenvalue weighted by Crippen LogP contribution is 2.27. The molecule has 0 aliphatic carbocycles. The van der Waals surface area contributed by atoms with Gasteiger partial charge in [0.05, 0.1) is 11.6 Å². The molecule has 2 nitrogen and oxygen atoms in total. The zero-order valence-corrected chi connectivity index (χ0v) is 12.0. The smallest absolute Gasteiger partial charge is 0.137 e. The van der Waals surface area contributed by atoms with Crippen molar-refractivity contribution in [3.8, 4) is 18.1 Å². The maximum Gasteiger partial charge on any atom is 0.137 e. The minimum atomic E-state index is 0.545. The average molecular weight is 285 g/mol. The SMILES string of the molecule is C#CCCN([11CH3])CCCOc1ccc(Cl)cc1Cl. The van der Waals surface area contributed by atoms with E-state index in [-0.39, 0.29) is 0 Å². The predicted molar refractivity (Wildman–Crippen MR) is 77.5 cm³/mol. The first kappa shape index (κ1) is 15.2. The van der Waals surface area contributed by atoms with Gasteiger partial charge < -0.3 is 9.64 Å². The molecule has 18 heavy (non-hydrogen) atoms. The van der Waals surface area contributed by atoms with Gasteiger partial charge in [0.15, 0.2) is 0 Å². The van der Waals surface area contributed by atoms with Gasteiger partial charge in [-0.2, -0.15) is 0 Å². The van der Waals surface area contributed by atoms with Crippen LogP contribution in [0.1, 0.15) is 12.8 Å². The number of nitrogens with zero attached hydrogens (tertiary/aromatic N) is 1. The van der Waals surface area contributed by atoms with Crippen molar-refractivity contribution < 1.29 is 4.74 Å². The van der Waals surface area contributed by atoms with E-state index in [0.717, 1.165) is 25.9 Å². The Morgan fingerprint density at radius 3 is 2.78 bits per heavy atom.